The first-order valence-corrected chi connectivity index (χ1v) is 4.94. The van der Waals surface area contributed by atoms with E-state index in [9.17, 15) is 0 Å². The highest BCUT2D eigenvalue weighted by Crippen LogP contribution is 2.10. The predicted octanol–water partition coefficient (Wildman–Crippen LogP) is 0.513. The number of nitrogens with zero attached hydrogens (tertiary/aromatic N) is 4. The summed E-state index contributed by atoms with van der Waals surface area (Å²) in [6, 6.07) is 3.95. The minimum absolute atomic E-state index is 0.137. The molecule has 80 valence electrons. The molecule has 0 aromatic carbocycles. The van der Waals surface area contributed by atoms with Crippen LogP contribution in [-0.2, 0) is 0 Å². The van der Waals surface area contributed by atoms with E-state index in [1.54, 1.807) is 10.7 Å². The summed E-state index contributed by atoms with van der Waals surface area (Å²) in [6.07, 6.45) is 3.63. The molecule has 5 nitrogen and oxygen atoms in total. The number of hydrogen-bond acceptors (Lipinski definition) is 4. The van der Waals surface area contributed by atoms with Crippen molar-refractivity contribution >= 4 is 11.5 Å². The van der Waals surface area contributed by atoms with E-state index in [4.69, 9.17) is 5.73 Å². The zero-order valence-electron chi connectivity index (χ0n) is 8.96. The van der Waals surface area contributed by atoms with Crippen LogP contribution >= 0.6 is 0 Å². The van der Waals surface area contributed by atoms with Crippen LogP contribution in [0, 0.1) is 0 Å². The minimum Gasteiger partial charge on any atom is -0.358 e. The summed E-state index contributed by atoms with van der Waals surface area (Å²) in [4.78, 5) is 6.50. The Morgan fingerprint density at radius 2 is 2.33 bits per heavy atom. The van der Waals surface area contributed by atoms with Crippen LogP contribution in [0.15, 0.2) is 24.5 Å². The first kappa shape index (κ1) is 9.92. The number of anilines is 1. The van der Waals surface area contributed by atoms with Crippen LogP contribution in [0.2, 0.25) is 0 Å². The third kappa shape index (κ3) is 2.07. The number of aromatic nitrogens is 3. The second-order valence-corrected chi connectivity index (χ2v) is 3.78. The molecule has 0 aliphatic rings. The van der Waals surface area contributed by atoms with Gasteiger partial charge in [0.2, 0.25) is 0 Å². The van der Waals surface area contributed by atoms with Crippen molar-refractivity contribution in [3.8, 4) is 0 Å². The summed E-state index contributed by atoms with van der Waals surface area (Å²) in [5.74, 6) is 0.917. The molecule has 15 heavy (non-hydrogen) atoms. The van der Waals surface area contributed by atoms with Crippen molar-refractivity contribution in [2.24, 2.45) is 5.73 Å². The first-order valence-electron chi connectivity index (χ1n) is 4.94. The standard InChI is InChI=1S/C10H15N5/c1-8(11)7-14(2)9-4-6-15-10(13-9)3-5-12-15/h3-6,8H,7,11H2,1-2H3. The summed E-state index contributed by atoms with van der Waals surface area (Å²) in [5, 5.41) is 4.09. The van der Waals surface area contributed by atoms with Gasteiger partial charge >= 0.3 is 0 Å². The van der Waals surface area contributed by atoms with Gasteiger partial charge in [0.1, 0.15) is 5.82 Å². The van der Waals surface area contributed by atoms with Gasteiger partial charge in [0, 0.05) is 31.9 Å². The van der Waals surface area contributed by atoms with Gasteiger partial charge in [-0.05, 0) is 13.0 Å². The number of fused-ring (bicyclic) bond motifs is 1. The van der Waals surface area contributed by atoms with Crippen molar-refractivity contribution in [1.82, 2.24) is 14.6 Å². The maximum Gasteiger partial charge on any atom is 0.157 e. The molecule has 2 heterocycles. The molecule has 2 rings (SSSR count). The molecule has 0 amide bonds. The Balaban J connectivity index is 2.27. The fourth-order valence-corrected chi connectivity index (χ4v) is 1.54. The van der Waals surface area contributed by atoms with Crippen molar-refractivity contribution in [3.05, 3.63) is 24.5 Å². The van der Waals surface area contributed by atoms with E-state index >= 15 is 0 Å². The summed E-state index contributed by atoms with van der Waals surface area (Å²) in [7, 11) is 1.98. The number of nitrogens with two attached hydrogens (primary N) is 1. The smallest absolute Gasteiger partial charge is 0.157 e. The van der Waals surface area contributed by atoms with E-state index in [0.717, 1.165) is 18.0 Å². The molecule has 2 N–H and O–H groups in total. The Bertz CT molecular complexity index is 448. The van der Waals surface area contributed by atoms with Gasteiger partial charge in [-0.15, -0.1) is 0 Å². The maximum absolute atomic E-state index is 5.74. The third-order valence-electron chi connectivity index (χ3n) is 2.20. The highest BCUT2D eigenvalue weighted by atomic mass is 15.3. The minimum atomic E-state index is 0.137. The molecule has 0 fully saturated rings. The summed E-state index contributed by atoms with van der Waals surface area (Å²) < 4.78 is 1.74. The van der Waals surface area contributed by atoms with Gasteiger partial charge in [-0.2, -0.15) is 5.10 Å². The molecular weight excluding hydrogens is 190 g/mol. The molecule has 0 saturated carbocycles. The lowest BCUT2D eigenvalue weighted by molar-refractivity contribution is 0.711. The Morgan fingerprint density at radius 1 is 1.53 bits per heavy atom. The summed E-state index contributed by atoms with van der Waals surface area (Å²) in [5.41, 5.74) is 6.59. The number of hydrogen-bond donors (Lipinski definition) is 1. The molecule has 0 saturated heterocycles. The molecule has 1 atom stereocenters. The van der Waals surface area contributed by atoms with Crippen molar-refractivity contribution in [2.75, 3.05) is 18.5 Å². The van der Waals surface area contributed by atoms with Gasteiger partial charge in [0.15, 0.2) is 5.65 Å². The van der Waals surface area contributed by atoms with Gasteiger partial charge in [-0.25, -0.2) is 9.50 Å². The number of likely N-dealkylation sites (N-methyl/N-ethyl adjacent to an activating group) is 1. The first-order chi connectivity index (χ1) is 7.16. The van der Waals surface area contributed by atoms with Gasteiger partial charge in [0.25, 0.3) is 0 Å². The second kappa shape index (κ2) is 3.86. The fourth-order valence-electron chi connectivity index (χ4n) is 1.54. The Kier molecular flexibility index (Phi) is 2.55. The molecule has 0 spiro atoms. The molecule has 2 aromatic heterocycles. The third-order valence-corrected chi connectivity index (χ3v) is 2.20. The fraction of sp³-hybridized carbons (Fsp3) is 0.400. The Hall–Kier alpha value is -1.62. The molecule has 0 bridgehead atoms. The van der Waals surface area contributed by atoms with Crippen molar-refractivity contribution < 1.29 is 0 Å². The average Bonchev–Trinajstić information content (AvgIpc) is 2.62. The maximum atomic E-state index is 5.74. The van der Waals surface area contributed by atoms with Gasteiger partial charge in [-0.1, -0.05) is 0 Å². The van der Waals surface area contributed by atoms with Crippen LogP contribution in [0.1, 0.15) is 6.92 Å². The van der Waals surface area contributed by atoms with E-state index in [1.165, 1.54) is 0 Å². The van der Waals surface area contributed by atoms with Crippen LogP contribution in [-0.4, -0.2) is 34.2 Å². The van der Waals surface area contributed by atoms with Crippen LogP contribution in [0.5, 0.6) is 0 Å². The Morgan fingerprint density at radius 3 is 3.07 bits per heavy atom. The average molecular weight is 205 g/mol. The number of rotatable bonds is 3. The molecular formula is C10H15N5. The lowest BCUT2D eigenvalue weighted by Crippen LogP contribution is -2.33. The lowest BCUT2D eigenvalue weighted by Gasteiger charge is -2.20. The highest BCUT2D eigenvalue weighted by Gasteiger charge is 2.05. The molecule has 2 aromatic rings. The zero-order chi connectivity index (χ0) is 10.8. The monoisotopic (exact) mass is 205 g/mol. The van der Waals surface area contributed by atoms with Crippen molar-refractivity contribution in [2.45, 2.75) is 13.0 Å². The summed E-state index contributed by atoms with van der Waals surface area (Å²) in [6.45, 7) is 2.77. The molecule has 1 unspecified atom stereocenters. The Labute approximate surface area is 88.5 Å². The molecule has 5 heteroatoms. The largest absolute Gasteiger partial charge is 0.358 e. The topological polar surface area (TPSA) is 59.5 Å². The van der Waals surface area contributed by atoms with Gasteiger partial charge in [0.05, 0.1) is 6.20 Å². The summed E-state index contributed by atoms with van der Waals surface area (Å²) >= 11 is 0. The van der Waals surface area contributed by atoms with Crippen molar-refractivity contribution in [3.63, 3.8) is 0 Å². The van der Waals surface area contributed by atoms with E-state index in [2.05, 4.69) is 10.1 Å². The lowest BCUT2D eigenvalue weighted by atomic mass is 10.3. The van der Waals surface area contributed by atoms with Gasteiger partial charge < -0.3 is 10.6 Å². The second-order valence-electron chi connectivity index (χ2n) is 3.78. The van der Waals surface area contributed by atoms with Crippen LogP contribution in [0.4, 0.5) is 5.82 Å². The zero-order valence-corrected chi connectivity index (χ0v) is 8.96. The van der Waals surface area contributed by atoms with Crippen LogP contribution < -0.4 is 10.6 Å². The normalized spacial score (nSPS) is 13.0. The highest BCUT2D eigenvalue weighted by molar-refractivity contribution is 5.46. The molecule has 0 radical (unpaired) electrons. The molecule has 0 aliphatic heterocycles. The molecule has 0 aliphatic carbocycles. The van der Waals surface area contributed by atoms with E-state index in [1.807, 2.05) is 37.2 Å². The SMILES string of the molecule is CC(N)CN(C)c1ccn2nccc2n1. The quantitative estimate of drug-likeness (QED) is 0.793. The van der Waals surface area contributed by atoms with E-state index < -0.39 is 0 Å². The van der Waals surface area contributed by atoms with Gasteiger partial charge in [-0.3, -0.25) is 0 Å². The van der Waals surface area contributed by atoms with E-state index in [0.29, 0.717) is 0 Å². The van der Waals surface area contributed by atoms with E-state index in [-0.39, 0.29) is 6.04 Å². The van der Waals surface area contributed by atoms with Crippen molar-refractivity contribution in [1.29, 1.82) is 0 Å². The van der Waals surface area contributed by atoms with Crippen LogP contribution in [0.3, 0.4) is 0 Å². The predicted molar refractivity (Wildman–Crippen MR) is 59.9 cm³/mol. The van der Waals surface area contributed by atoms with Crippen LogP contribution in [0.25, 0.3) is 5.65 Å².